The summed E-state index contributed by atoms with van der Waals surface area (Å²) in [6.45, 7) is 8.88. The molecule has 0 bridgehead atoms. The monoisotopic (exact) mass is 262 g/mol. The van der Waals surface area contributed by atoms with Crippen molar-refractivity contribution in [3.8, 4) is 0 Å². The smallest absolute Gasteiger partial charge is 0.130 e. The normalized spacial score (nSPS) is 10.7. The Kier molecular flexibility index (Phi) is 3.91. The van der Waals surface area contributed by atoms with Crippen molar-refractivity contribution in [3.05, 3.63) is 33.2 Å². The largest absolute Gasteiger partial charge is 0.365 e. The third-order valence-electron chi connectivity index (χ3n) is 2.68. The molecule has 1 N–H and O–H groups in total. The summed E-state index contributed by atoms with van der Waals surface area (Å²) in [6.07, 6.45) is 0.927. The summed E-state index contributed by atoms with van der Waals surface area (Å²) in [4.78, 5) is 14.4. The van der Waals surface area contributed by atoms with Gasteiger partial charge < -0.3 is 5.32 Å². The average molecular weight is 262 g/mol. The number of rotatable bonds is 4. The summed E-state index contributed by atoms with van der Waals surface area (Å²) >= 11 is 1.73. The number of nitrogens with one attached hydrogen (secondary N) is 1. The second-order valence-corrected chi connectivity index (χ2v) is 5.53. The second kappa shape index (κ2) is 5.44. The molecule has 4 nitrogen and oxygen atoms in total. The van der Waals surface area contributed by atoms with Crippen LogP contribution in [0, 0.1) is 20.8 Å². The Morgan fingerprint density at radius 3 is 2.56 bits per heavy atom. The minimum absolute atomic E-state index is 0.775. The predicted octanol–water partition coefficient (Wildman–Crippen LogP) is 3.03. The van der Waals surface area contributed by atoms with Gasteiger partial charge >= 0.3 is 0 Å². The van der Waals surface area contributed by atoms with Crippen LogP contribution in [0.4, 0.5) is 5.82 Å². The van der Waals surface area contributed by atoms with Crippen molar-refractivity contribution in [3.63, 3.8) is 0 Å². The first kappa shape index (κ1) is 13.0. The lowest BCUT2D eigenvalue weighted by Gasteiger charge is -2.07. The van der Waals surface area contributed by atoms with E-state index < -0.39 is 0 Å². The van der Waals surface area contributed by atoms with E-state index in [0.29, 0.717) is 0 Å². The van der Waals surface area contributed by atoms with Crippen LogP contribution < -0.4 is 5.32 Å². The Labute approximate surface area is 112 Å². The molecule has 0 radical (unpaired) electrons. The predicted molar refractivity (Wildman–Crippen MR) is 75.1 cm³/mol. The summed E-state index contributed by atoms with van der Waals surface area (Å²) in [5.41, 5.74) is 2.17. The van der Waals surface area contributed by atoms with Crippen molar-refractivity contribution in [1.82, 2.24) is 15.0 Å². The summed E-state index contributed by atoms with van der Waals surface area (Å²) in [7, 11) is 0. The van der Waals surface area contributed by atoms with E-state index in [1.54, 1.807) is 11.3 Å². The van der Waals surface area contributed by atoms with E-state index in [9.17, 15) is 0 Å². The lowest BCUT2D eigenvalue weighted by Crippen LogP contribution is -2.04. The van der Waals surface area contributed by atoms with Crippen LogP contribution >= 0.6 is 11.3 Å². The van der Waals surface area contributed by atoms with Crippen molar-refractivity contribution in [2.24, 2.45) is 0 Å². The van der Waals surface area contributed by atoms with Gasteiger partial charge in [-0.05, 0) is 27.2 Å². The number of aromatic nitrogens is 3. The third-order valence-corrected chi connectivity index (χ3v) is 3.76. The molecule has 0 fully saturated rings. The fraction of sp³-hybridized carbons (Fsp3) is 0.462. The number of nitrogens with zero attached hydrogens (tertiary/aromatic N) is 3. The molecule has 0 saturated heterocycles. The Balaban J connectivity index is 2.10. The average Bonchev–Trinajstić information content (AvgIpc) is 2.64. The number of hydrogen-bond acceptors (Lipinski definition) is 5. The molecule has 5 heteroatoms. The third kappa shape index (κ3) is 3.04. The molecule has 0 amide bonds. The van der Waals surface area contributed by atoms with E-state index in [4.69, 9.17) is 0 Å². The molecule has 18 heavy (non-hydrogen) atoms. The van der Waals surface area contributed by atoms with Gasteiger partial charge in [0, 0.05) is 16.6 Å². The Hall–Kier alpha value is -1.49. The van der Waals surface area contributed by atoms with Gasteiger partial charge in [-0.1, -0.05) is 6.92 Å². The molecule has 2 aromatic heterocycles. The molecule has 0 spiro atoms. The van der Waals surface area contributed by atoms with Crippen molar-refractivity contribution in [2.45, 2.75) is 40.7 Å². The lowest BCUT2D eigenvalue weighted by atomic mass is 10.3. The molecule has 2 rings (SSSR count). The van der Waals surface area contributed by atoms with Crippen molar-refractivity contribution in [1.29, 1.82) is 0 Å². The van der Waals surface area contributed by atoms with Crippen LogP contribution in [-0.4, -0.2) is 15.0 Å². The maximum atomic E-state index is 4.42. The van der Waals surface area contributed by atoms with Gasteiger partial charge in [0.25, 0.3) is 0 Å². The molecule has 0 aromatic carbocycles. The van der Waals surface area contributed by atoms with Crippen LogP contribution in [-0.2, 0) is 13.0 Å². The highest BCUT2D eigenvalue weighted by molar-refractivity contribution is 7.11. The van der Waals surface area contributed by atoms with E-state index in [-0.39, 0.29) is 0 Å². The van der Waals surface area contributed by atoms with Gasteiger partial charge in [0.15, 0.2) is 0 Å². The molecular formula is C13H18N4S. The van der Waals surface area contributed by atoms with Gasteiger partial charge in [-0.15, -0.1) is 11.3 Å². The molecule has 96 valence electrons. The standard InChI is InChI=1S/C13H18N4S/c1-5-11-6-13(17-9(3)16-11)14-7-12-8(2)15-10(4)18-12/h6H,5,7H2,1-4H3,(H,14,16,17). The molecule has 0 unspecified atom stereocenters. The molecule has 0 atom stereocenters. The van der Waals surface area contributed by atoms with Crippen LogP contribution in [0.3, 0.4) is 0 Å². The molecule has 2 heterocycles. The Bertz CT molecular complexity index is 548. The first-order valence-electron chi connectivity index (χ1n) is 6.10. The second-order valence-electron chi connectivity index (χ2n) is 4.24. The quantitative estimate of drug-likeness (QED) is 0.920. The van der Waals surface area contributed by atoms with Gasteiger partial charge in [-0.3, -0.25) is 0 Å². The maximum Gasteiger partial charge on any atom is 0.130 e. The number of aryl methyl sites for hydroxylation is 4. The van der Waals surface area contributed by atoms with Crippen molar-refractivity contribution in [2.75, 3.05) is 5.32 Å². The van der Waals surface area contributed by atoms with Crippen LogP contribution in [0.5, 0.6) is 0 Å². The fourth-order valence-electron chi connectivity index (χ4n) is 1.81. The van der Waals surface area contributed by atoms with Crippen LogP contribution in [0.1, 0.15) is 34.0 Å². The first-order chi connectivity index (χ1) is 8.58. The van der Waals surface area contributed by atoms with E-state index >= 15 is 0 Å². The number of thiazole rings is 1. The van der Waals surface area contributed by atoms with Gasteiger partial charge in [0.1, 0.15) is 11.6 Å². The van der Waals surface area contributed by atoms with Crippen LogP contribution in [0.25, 0.3) is 0 Å². The van der Waals surface area contributed by atoms with E-state index in [1.807, 2.05) is 26.8 Å². The van der Waals surface area contributed by atoms with Gasteiger partial charge in [-0.25, -0.2) is 15.0 Å². The Morgan fingerprint density at radius 1 is 1.17 bits per heavy atom. The van der Waals surface area contributed by atoms with Gasteiger partial charge in [0.05, 0.1) is 17.2 Å². The molecular weight excluding hydrogens is 244 g/mol. The van der Waals surface area contributed by atoms with E-state index in [2.05, 4.69) is 27.2 Å². The highest BCUT2D eigenvalue weighted by atomic mass is 32.1. The van der Waals surface area contributed by atoms with Crippen molar-refractivity contribution < 1.29 is 0 Å². The van der Waals surface area contributed by atoms with Gasteiger partial charge in [0.2, 0.25) is 0 Å². The maximum absolute atomic E-state index is 4.42. The molecule has 0 aliphatic rings. The van der Waals surface area contributed by atoms with Gasteiger partial charge in [-0.2, -0.15) is 0 Å². The molecule has 0 aliphatic heterocycles. The lowest BCUT2D eigenvalue weighted by molar-refractivity contribution is 0.941. The number of hydrogen-bond donors (Lipinski definition) is 1. The minimum atomic E-state index is 0.775. The number of anilines is 1. The summed E-state index contributed by atoms with van der Waals surface area (Å²) in [5, 5.41) is 4.46. The zero-order valence-electron chi connectivity index (χ0n) is 11.2. The van der Waals surface area contributed by atoms with Crippen molar-refractivity contribution >= 4 is 17.2 Å². The van der Waals surface area contributed by atoms with Crippen LogP contribution in [0.15, 0.2) is 6.07 Å². The summed E-state index contributed by atoms with van der Waals surface area (Å²) < 4.78 is 0. The summed E-state index contributed by atoms with van der Waals surface area (Å²) in [6, 6.07) is 2.01. The molecule has 0 aliphatic carbocycles. The fourth-order valence-corrected chi connectivity index (χ4v) is 2.69. The summed E-state index contributed by atoms with van der Waals surface area (Å²) in [5.74, 6) is 1.71. The van der Waals surface area contributed by atoms with E-state index in [1.165, 1.54) is 4.88 Å². The van der Waals surface area contributed by atoms with Crippen LogP contribution in [0.2, 0.25) is 0 Å². The zero-order chi connectivity index (χ0) is 13.1. The minimum Gasteiger partial charge on any atom is -0.365 e. The zero-order valence-corrected chi connectivity index (χ0v) is 12.1. The van der Waals surface area contributed by atoms with E-state index in [0.717, 1.165) is 41.0 Å². The highest BCUT2D eigenvalue weighted by Crippen LogP contribution is 2.18. The Morgan fingerprint density at radius 2 is 1.94 bits per heavy atom. The highest BCUT2D eigenvalue weighted by Gasteiger charge is 2.05. The first-order valence-corrected chi connectivity index (χ1v) is 6.91. The molecule has 2 aromatic rings. The SMILES string of the molecule is CCc1cc(NCc2sc(C)nc2C)nc(C)n1. The topological polar surface area (TPSA) is 50.7 Å². The molecule has 0 saturated carbocycles.